The van der Waals surface area contributed by atoms with Gasteiger partial charge in [0, 0.05) is 30.6 Å². The predicted molar refractivity (Wildman–Crippen MR) is 98.8 cm³/mol. The predicted octanol–water partition coefficient (Wildman–Crippen LogP) is 3.65. The van der Waals surface area contributed by atoms with Crippen molar-refractivity contribution >= 4 is 17.5 Å². The summed E-state index contributed by atoms with van der Waals surface area (Å²) in [5.41, 5.74) is 0.539. The van der Waals surface area contributed by atoms with Crippen LogP contribution in [0.4, 0.5) is 0 Å². The third-order valence-electron chi connectivity index (χ3n) is 4.29. The van der Waals surface area contributed by atoms with Crippen molar-refractivity contribution in [1.82, 2.24) is 15.3 Å². The quantitative estimate of drug-likeness (QED) is 0.834. The summed E-state index contributed by atoms with van der Waals surface area (Å²) in [5.74, 6) is 1.00. The van der Waals surface area contributed by atoms with Crippen molar-refractivity contribution in [2.24, 2.45) is 0 Å². The first-order valence-corrected chi connectivity index (χ1v) is 9.19. The van der Waals surface area contributed by atoms with Crippen molar-refractivity contribution in [3.63, 3.8) is 0 Å². The van der Waals surface area contributed by atoms with Crippen LogP contribution < -0.4 is 14.8 Å². The van der Waals surface area contributed by atoms with Gasteiger partial charge in [0.05, 0.1) is 17.2 Å². The van der Waals surface area contributed by atoms with Gasteiger partial charge in [-0.25, -0.2) is 9.97 Å². The molecule has 0 bridgehead atoms. The molecular weight excluding hydrogens is 354 g/mol. The van der Waals surface area contributed by atoms with Crippen LogP contribution in [0.3, 0.4) is 0 Å². The molecule has 0 radical (unpaired) electrons. The minimum Gasteiger partial charge on any atom is -0.478 e. The standard InChI is InChI=1S/C19H22ClN3O3/c1-2-25-17-9-3-13(11-21-17)19(24)23-15-5-7-16(8-6-15)26-18-10-4-14(20)12-22-18/h3-4,9-12,15-16H,2,5-8H2,1H3,(H,23,24). The number of nitrogens with one attached hydrogen (secondary N) is 1. The van der Waals surface area contributed by atoms with Crippen LogP contribution in [0, 0.1) is 0 Å². The van der Waals surface area contributed by atoms with Gasteiger partial charge in [0.2, 0.25) is 11.8 Å². The molecule has 2 heterocycles. The first-order valence-electron chi connectivity index (χ1n) is 8.82. The van der Waals surface area contributed by atoms with Gasteiger partial charge in [-0.15, -0.1) is 0 Å². The number of carbonyl (C=O) groups is 1. The Kier molecular flexibility index (Phi) is 6.28. The van der Waals surface area contributed by atoms with Crippen LogP contribution in [0.15, 0.2) is 36.7 Å². The van der Waals surface area contributed by atoms with Crippen molar-refractivity contribution in [2.75, 3.05) is 6.61 Å². The normalized spacial score (nSPS) is 19.6. The summed E-state index contributed by atoms with van der Waals surface area (Å²) in [5, 5.41) is 3.66. The topological polar surface area (TPSA) is 73.3 Å². The van der Waals surface area contributed by atoms with E-state index in [0.29, 0.717) is 29.0 Å². The molecule has 26 heavy (non-hydrogen) atoms. The van der Waals surface area contributed by atoms with Crippen LogP contribution in [0.2, 0.25) is 5.02 Å². The van der Waals surface area contributed by atoms with E-state index in [-0.39, 0.29) is 18.1 Å². The van der Waals surface area contributed by atoms with E-state index in [1.807, 2.05) is 6.92 Å². The summed E-state index contributed by atoms with van der Waals surface area (Å²) in [6.45, 7) is 2.45. The highest BCUT2D eigenvalue weighted by atomic mass is 35.5. The number of aromatic nitrogens is 2. The fourth-order valence-corrected chi connectivity index (χ4v) is 3.06. The Morgan fingerprint density at radius 1 is 1.12 bits per heavy atom. The monoisotopic (exact) mass is 375 g/mol. The van der Waals surface area contributed by atoms with E-state index in [4.69, 9.17) is 21.1 Å². The minimum atomic E-state index is -0.107. The second-order valence-corrected chi connectivity index (χ2v) is 6.63. The lowest BCUT2D eigenvalue weighted by Crippen LogP contribution is -2.39. The number of ether oxygens (including phenoxy) is 2. The van der Waals surface area contributed by atoms with Gasteiger partial charge in [-0.2, -0.15) is 0 Å². The van der Waals surface area contributed by atoms with E-state index in [1.165, 1.54) is 0 Å². The number of hydrogen-bond donors (Lipinski definition) is 1. The molecule has 7 heteroatoms. The Morgan fingerprint density at radius 2 is 1.85 bits per heavy atom. The van der Waals surface area contributed by atoms with Crippen molar-refractivity contribution < 1.29 is 14.3 Å². The zero-order valence-electron chi connectivity index (χ0n) is 14.7. The number of halogens is 1. The summed E-state index contributed by atoms with van der Waals surface area (Å²) >= 11 is 5.83. The lowest BCUT2D eigenvalue weighted by atomic mass is 9.92. The lowest BCUT2D eigenvalue weighted by molar-refractivity contribution is 0.0889. The second-order valence-electron chi connectivity index (χ2n) is 6.20. The van der Waals surface area contributed by atoms with E-state index in [2.05, 4.69) is 15.3 Å². The van der Waals surface area contributed by atoms with E-state index >= 15 is 0 Å². The van der Waals surface area contributed by atoms with E-state index in [9.17, 15) is 4.79 Å². The summed E-state index contributed by atoms with van der Waals surface area (Å²) in [7, 11) is 0. The molecule has 1 N–H and O–H groups in total. The molecule has 2 aromatic rings. The van der Waals surface area contributed by atoms with Gasteiger partial charge in [-0.05, 0) is 44.7 Å². The number of hydrogen-bond acceptors (Lipinski definition) is 5. The molecule has 1 fully saturated rings. The fourth-order valence-electron chi connectivity index (χ4n) is 2.94. The molecular formula is C19H22ClN3O3. The SMILES string of the molecule is CCOc1ccc(C(=O)NC2CCC(Oc3ccc(Cl)cn3)CC2)cn1. The summed E-state index contributed by atoms with van der Waals surface area (Å²) in [4.78, 5) is 20.6. The van der Waals surface area contributed by atoms with Crippen LogP contribution in [0.5, 0.6) is 11.8 Å². The largest absolute Gasteiger partial charge is 0.478 e. The molecule has 1 saturated carbocycles. The lowest BCUT2D eigenvalue weighted by Gasteiger charge is -2.29. The molecule has 0 aliphatic heterocycles. The fraction of sp³-hybridized carbons (Fsp3) is 0.421. The van der Waals surface area contributed by atoms with Crippen molar-refractivity contribution in [3.8, 4) is 11.8 Å². The molecule has 3 rings (SSSR count). The van der Waals surface area contributed by atoms with Gasteiger partial charge in [-0.3, -0.25) is 4.79 Å². The van der Waals surface area contributed by atoms with Crippen LogP contribution in [-0.2, 0) is 0 Å². The molecule has 0 spiro atoms. The highest BCUT2D eigenvalue weighted by molar-refractivity contribution is 6.30. The van der Waals surface area contributed by atoms with Crippen LogP contribution >= 0.6 is 11.6 Å². The third-order valence-corrected chi connectivity index (χ3v) is 4.51. The second kappa shape index (κ2) is 8.85. The van der Waals surface area contributed by atoms with Gasteiger partial charge >= 0.3 is 0 Å². The molecule has 0 unspecified atom stereocenters. The summed E-state index contributed by atoms with van der Waals surface area (Å²) in [6, 6.07) is 7.12. The molecule has 138 valence electrons. The maximum Gasteiger partial charge on any atom is 0.253 e. The molecule has 1 aliphatic carbocycles. The summed E-state index contributed by atoms with van der Waals surface area (Å²) < 4.78 is 11.2. The number of pyridine rings is 2. The highest BCUT2D eigenvalue weighted by Crippen LogP contribution is 2.23. The molecule has 6 nitrogen and oxygen atoms in total. The van der Waals surface area contributed by atoms with Gasteiger partial charge in [0.15, 0.2) is 0 Å². The van der Waals surface area contributed by atoms with Gasteiger partial charge in [-0.1, -0.05) is 11.6 Å². The molecule has 1 aliphatic rings. The molecule has 0 atom stereocenters. The number of amides is 1. The minimum absolute atomic E-state index is 0.107. The van der Waals surface area contributed by atoms with E-state index in [1.54, 1.807) is 36.7 Å². The Bertz CT molecular complexity index is 714. The molecule has 0 aromatic carbocycles. The Morgan fingerprint density at radius 3 is 2.46 bits per heavy atom. The summed E-state index contributed by atoms with van der Waals surface area (Å²) in [6.07, 6.45) is 6.72. The van der Waals surface area contributed by atoms with E-state index < -0.39 is 0 Å². The van der Waals surface area contributed by atoms with Crippen molar-refractivity contribution in [2.45, 2.75) is 44.8 Å². The van der Waals surface area contributed by atoms with Crippen molar-refractivity contribution in [1.29, 1.82) is 0 Å². The Hall–Kier alpha value is -2.34. The van der Waals surface area contributed by atoms with Crippen molar-refractivity contribution in [3.05, 3.63) is 47.2 Å². The maximum absolute atomic E-state index is 12.3. The number of carbonyl (C=O) groups excluding carboxylic acids is 1. The Balaban J connectivity index is 1.45. The smallest absolute Gasteiger partial charge is 0.253 e. The molecule has 2 aromatic heterocycles. The number of rotatable bonds is 6. The number of nitrogens with zero attached hydrogens (tertiary/aromatic N) is 2. The van der Waals surface area contributed by atoms with Gasteiger partial charge in [0.1, 0.15) is 6.10 Å². The average molecular weight is 376 g/mol. The van der Waals surface area contributed by atoms with E-state index in [0.717, 1.165) is 25.7 Å². The average Bonchev–Trinajstić information content (AvgIpc) is 2.66. The zero-order chi connectivity index (χ0) is 18.4. The van der Waals surface area contributed by atoms with Crippen LogP contribution in [-0.4, -0.2) is 34.6 Å². The molecule has 1 amide bonds. The van der Waals surface area contributed by atoms with Crippen LogP contribution in [0.25, 0.3) is 0 Å². The molecule has 0 saturated heterocycles. The maximum atomic E-state index is 12.3. The highest BCUT2D eigenvalue weighted by Gasteiger charge is 2.24. The zero-order valence-corrected chi connectivity index (χ0v) is 15.4. The van der Waals surface area contributed by atoms with Gasteiger partial charge < -0.3 is 14.8 Å². The van der Waals surface area contributed by atoms with Crippen LogP contribution in [0.1, 0.15) is 43.0 Å². The first kappa shape index (κ1) is 18.5. The first-order chi connectivity index (χ1) is 12.6. The Labute approximate surface area is 157 Å². The van der Waals surface area contributed by atoms with Gasteiger partial charge in [0.25, 0.3) is 5.91 Å². The third kappa shape index (κ3) is 5.08.